The minimum Gasteiger partial charge on any atom is -0.371 e. The van der Waals surface area contributed by atoms with Crippen molar-refractivity contribution in [3.8, 4) is 0 Å². The summed E-state index contributed by atoms with van der Waals surface area (Å²) in [5.74, 6) is 0.549. The topological polar surface area (TPSA) is 41.6 Å². The molecule has 0 aromatic rings. The number of morpholine rings is 1. The van der Waals surface area contributed by atoms with E-state index in [1.807, 2.05) is 4.90 Å². The normalized spacial score (nSPS) is 41.6. The lowest BCUT2D eigenvalue weighted by Crippen LogP contribution is -2.51. The average molecular weight is 238 g/mol. The lowest BCUT2D eigenvalue weighted by molar-refractivity contribution is -0.144. The third kappa shape index (κ3) is 2.33. The van der Waals surface area contributed by atoms with Crippen LogP contribution in [0.15, 0.2) is 0 Å². The lowest BCUT2D eigenvalue weighted by Gasteiger charge is -2.36. The fraction of sp³-hybridized carbons (Fsp3) is 0.923. The Balaban J connectivity index is 1.59. The van der Waals surface area contributed by atoms with Crippen LogP contribution in [-0.2, 0) is 9.53 Å². The Morgan fingerprint density at radius 1 is 1.18 bits per heavy atom. The van der Waals surface area contributed by atoms with Gasteiger partial charge >= 0.3 is 0 Å². The number of nitrogens with one attached hydrogen (secondary N) is 1. The molecule has 4 nitrogen and oxygen atoms in total. The van der Waals surface area contributed by atoms with E-state index < -0.39 is 0 Å². The SMILES string of the molecule is CC1CCC(C(=O)N2CC3CCC(C2)O3)CN1. The van der Waals surface area contributed by atoms with Crippen LogP contribution >= 0.6 is 0 Å². The van der Waals surface area contributed by atoms with Crippen LogP contribution in [0.1, 0.15) is 32.6 Å². The number of carbonyl (C=O) groups excluding carboxylic acids is 1. The van der Waals surface area contributed by atoms with Crippen LogP contribution in [-0.4, -0.2) is 48.7 Å². The monoisotopic (exact) mass is 238 g/mol. The van der Waals surface area contributed by atoms with E-state index in [9.17, 15) is 4.79 Å². The van der Waals surface area contributed by atoms with Crippen molar-refractivity contribution in [2.75, 3.05) is 19.6 Å². The van der Waals surface area contributed by atoms with Crippen LogP contribution in [0.25, 0.3) is 0 Å². The van der Waals surface area contributed by atoms with E-state index in [0.29, 0.717) is 24.2 Å². The molecule has 3 aliphatic heterocycles. The highest BCUT2D eigenvalue weighted by Crippen LogP contribution is 2.28. The van der Waals surface area contributed by atoms with Crippen molar-refractivity contribution >= 4 is 5.91 Å². The summed E-state index contributed by atoms with van der Waals surface area (Å²) in [5, 5.41) is 3.41. The standard InChI is InChI=1S/C13H22N2O2/c1-9-2-3-10(6-14-9)13(16)15-7-11-4-5-12(8-15)17-11/h9-12,14H,2-8H2,1H3. The van der Waals surface area contributed by atoms with Gasteiger partial charge in [0.1, 0.15) is 0 Å². The van der Waals surface area contributed by atoms with Crippen molar-refractivity contribution < 1.29 is 9.53 Å². The number of hydrogen-bond donors (Lipinski definition) is 1. The van der Waals surface area contributed by atoms with Crippen LogP contribution in [0, 0.1) is 5.92 Å². The van der Waals surface area contributed by atoms with Crippen molar-refractivity contribution in [3.63, 3.8) is 0 Å². The second-order valence-corrected chi connectivity index (χ2v) is 5.78. The number of nitrogens with zero attached hydrogens (tertiary/aromatic N) is 1. The molecule has 3 rings (SSSR count). The molecule has 1 N–H and O–H groups in total. The van der Waals surface area contributed by atoms with Gasteiger partial charge in [-0.1, -0.05) is 0 Å². The molecule has 3 saturated heterocycles. The first kappa shape index (κ1) is 11.5. The summed E-state index contributed by atoms with van der Waals surface area (Å²) < 4.78 is 5.77. The van der Waals surface area contributed by atoms with Crippen molar-refractivity contribution in [1.82, 2.24) is 10.2 Å². The Kier molecular flexibility index (Phi) is 3.09. The summed E-state index contributed by atoms with van der Waals surface area (Å²) in [7, 11) is 0. The summed E-state index contributed by atoms with van der Waals surface area (Å²) in [6, 6.07) is 0.569. The number of rotatable bonds is 1. The molecule has 4 heteroatoms. The summed E-state index contributed by atoms with van der Waals surface area (Å²) in [6.07, 6.45) is 5.05. The van der Waals surface area contributed by atoms with E-state index in [1.165, 1.54) is 0 Å². The summed E-state index contributed by atoms with van der Waals surface area (Å²) >= 11 is 0. The Morgan fingerprint density at radius 2 is 1.88 bits per heavy atom. The Hall–Kier alpha value is -0.610. The van der Waals surface area contributed by atoms with E-state index in [-0.39, 0.29) is 5.92 Å². The molecule has 3 aliphatic rings. The summed E-state index contributed by atoms with van der Waals surface area (Å²) in [4.78, 5) is 14.5. The molecule has 2 bridgehead atoms. The minimum absolute atomic E-state index is 0.198. The third-order valence-corrected chi connectivity index (χ3v) is 4.37. The number of amides is 1. The van der Waals surface area contributed by atoms with Crippen LogP contribution in [0.2, 0.25) is 0 Å². The Bertz CT molecular complexity index is 288. The van der Waals surface area contributed by atoms with Gasteiger partial charge in [-0.2, -0.15) is 0 Å². The smallest absolute Gasteiger partial charge is 0.227 e. The molecule has 0 spiro atoms. The maximum atomic E-state index is 12.4. The molecule has 4 unspecified atom stereocenters. The van der Waals surface area contributed by atoms with Crippen LogP contribution < -0.4 is 5.32 Å². The van der Waals surface area contributed by atoms with E-state index in [4.69, 9.17) is 4.74 Å². The zero-order valence-electron chi connectivity index (χ0n) is 10.5. The van der Waals surface area contributed by atoms with Gasteiger partial charge in [-0.15, -0.1) is 0 Å². The predicted octanol–water partition coefficient (Wildman–Crippen LogP) is 0.764. The molecule has 4 atom stereocenters. The molecular weight excluding hydrogens is 216 g/mol. The number of ether oxygens (including phenoxy) is 1. The van der Waals surface area contributed by atoms with Gasteiger partial charge in [0.15, 0.2) is 0 Å². The van der Waals surface area contributed by atoms with Gasteiger partial charge < -0.3 is 15.0 Å². The van der Waals surface area contributed by atoms with Crippen molar-refractivity contribution in [3.05, 3.63) is 0 Å². The average Bonchev–Trinajstić information content (AvgIpc) is 2.68. The highest BCUT2D eigenvalue weighted by molar-refractivity contribution is 5.79. The van der Waals surface area contributed by atoms with E-state index in [2.05, 4.69) is 12.2 Å². The predicted molar refractivity (Wildman–Crippen MR) is 64.7 cm³/mol. The molecule has 0 radical (unpaired) electrons. The number of piperidine rings is 1. The lowest BCUT2D eigenvalue weighted by atomic mass is 9.94. The number of hydrogen-bond acceptors (Lipinski definition) is 3. The Labute approximate surface area is 103 Å². The number of likely N-dealkylation sites (tertiary alicyclic amines) is 1. The third-order valence-electron chi connectivity index (χ3n) is 4.37. The van der Waals surface area contributed by atoms with Gasteiger partial charge in [0.25, 0.3) is 0 Å². The highest BCUT2D eigenvalue weighted by Gasteiger charge is 2.38. The minimum atomic E-state index is 0.198. The molecule has 1 amide bonds. The van der Waals surface area contributed by atoms with Crippen molar-refractivity contribution in [1.29, 1.82) is 0 Å². The first-order chi connectivity index (χ1) is 8.22. The molecule has 3 fully saturated rings. The van der Waals surface area contributed by atoms with Crippen LogP contribution in [0.4, 0.5) is 0 Å². The van der Waals surface area contributed by atoms with Crippen molar-refractivity contribution in [2.45, 2.75) is 50.9 Å². The second kappa shape index (κ2) is 4.58. The maximum Gasteiger partial charge on any atom is 0.227 e. The van der Waals surface area contributed by atoms with E-state index in [1.54, 1.807) is 0 Å². The molecule has 0 aliphatic carbocycles. The van der Waals surface area contributed by atoms with Gasteiger partial charge in [0.2, 0.25) is 5.91 Å². The van der Waals surface area contributed by atoms with Gasteiger partial charge in [-0.25, -0.2) is 0 Å². The number of fused-ring (bicyclic) bond motifs is 2. The van der Waals surface area contributed by atoms with E-state index >= 15 is 0 Å². The molecular formula is C13H22N2O2. The van der Waals surface area contributed by atoms with Crippen molar-refractivity contribution in [2.24, 2.45) is 5.92 Å². The van der Waals surface area contributed by atoms with Gasteiger partial charge in [0, 0.05) is 25.7 Å². The van der Waals surface area contributed by atoms with Gasteiger partial charge in [0.05, 0.1) is 18.1 Å². The molecule has 0 aromatic heterocycles. The highest BCUT2D eigenvalue weighted by atomic mass is 16.5. The van der Waals surface area contributed by atoms with E-state index in [0.717, 1.165) is 45.3 Å². The Morgan fingerprint density at radius 3 is 2.47 bits per heavy atom. The summed E-state index contributed by atoms with van der Waals surface area (Å²) in [5.41, 5.74) is 0. The first-order valence-electron chi connectivity index (χ1n) is 6.90. The molecule has 0 aromatic carbocycles. The van der Waals surface area contributed by atoms with Crippen LogP contribution in [0.5, 0.6) is 0 Å². The van der Waals surface area contributed by atoms with Gasteiger partial charge in [-0.3, -0.25) is 4.79 Å². The zero-order valence-corrected chi connectivity index (χ0v) is 10.5. The number of carbonyl (C=O) groups is 1. The molecule has 96 valence electrons. The largest absolute Gasteiger partial charge is 0.371 e. The molecule has 3 heterocycles. The zero-order chi connectivity index (χ0) is 11.8. The maximum absolute atomic E-state index is 12.4. The first-order valence-corrected chi connectivity index (χ1v) is 6.90. The quantitative estimate of drug-likeness (QED) is 0.733. The molecule has 0 saturated carbocycles. The fourth-order valence-corrected chi connectivity index (χ4v) is 3.26. The molecule has 17 heavy (non-hydrogen) atoms. The van der Waals surface area contributed by atoms with Gasteiger partial charge in [-0.05, 0) is 32.6 Å². The second-order valence-electron chi connectivity index (χ2n) is 5.78. The fourth-order valence-electron chi connectivity index (χ4n) is 3.26. The van der Waals surface area contributed by atoms with Crippen LogP contribution in [0.3, 0.4) is 0 Å². The summed E-state index contributed by atoms with van der Waals surface area (Å²) in [6.45, 7) is 4.69.